The molecule has 29 heavy (non-hydrogen) atoms. The standard InChI is InChI=1S/C21H26N4O.CH2O2/c26-19(14-23-8-4-5-9-23)22-20-17-12-24-10-11-25(13-17)16-21(20,15-24)18-6-2-1-3-7-18;2-1-3/h1-9,17,20H,10-16H2,(H,22,26);1H,(H,2,3). The number of nitrogens with zero attached hydrogens (tertiary/aromatic N) is 3. The van der Waals surface area contributed by atoms with Crippen LogP contribution in [0.2, 0.25) is 0 Å². The summed E-state index contributed by atoms with van der Waals surface area (Å²) in [4.78, 5) is 26.4. The Balaban J connectivity index is 0.000000645. The Labute approximate surface area is 170 Å². The number of carbonyl (C=O) groups is 2. The third kappa shape index (κ3) is 3.93. The molecule has 4 bridgehead atoms. The fourth-order valence-corrected chi connectivity index (χ4v) is 5.43. The second-order valence-corrected chi connectivity index (χ2v) is 8.26. The average molecular weight is 396 g/mol. The third-order valence-electron chi connectivity index (χ3n) is 6.45. The van der Waals surface area contributed by atoms with Crippen LogP contribution in [0.5, 0.6) is 0 Å². The highest BCUT2D eigenvalue weighted by atomic mass is 16.3. The molecular formula is C22H28N4O3. The van der Waals surface area contributed by atoms with Gasteiger partial charge < -0.3 is 24.8 Å². The zero-order valence-electron chi connectivity index (χ0n) is 16.5. The number of piperidine rings is 2. The van der Waals surface area contributed by atoms with Crippen molar-refractivity contribution in [1.29, 1.82) is 0 Å². The molecular weight excluding hydrogens is 368 g/mol. The van der Waals surface area contributed by atoms with E-state index in [-0.39, 0.29) is 23.8 Å². The molecule has 5 heterocycles. The molecule has 154 valence electrons. The lowest BCUT2D eigenvalue weighted by molar-refractivity contribution is -0.125. The van der Waals surface area contributed by atoms with E-state index in [2.05, 4.69) is 45.4 Å². The highest BCUT2D eigenvalue weighted by Crippen LogP contribution is 2.43. The van der Waals surface area contributed by atoms with Crippen LogP contribution in [0.25, 0.3) is 0 Å². The van der Waals surface area contributed by atoms with Gasteiger partial charge in [0.1, 0.15) is 6.54 Å². The van der Waals surface area contributed by atoms with Crippen LogP contribution in [-0.2, 0) is 21.5 Å². The van der Waals surface area contributed by atoms with Crippen molar-refractivity contribution >= 4 is 12.4 Å². The van der Waals surface area contributed by atoms with Crippen LogP contribution in [0.3, 0.4) is 0 Å². The molecule has 2 N–H and O–H groups in total. The maximum atomic E-state index is 12.8. The Hall–Kier alpha value is -2.64. The zero-order chi connectivity index (χ0) is 20.3. The SMILES string of the molecule is O=C(Cn1cccc1)NC1C2CN3CCN(C2)CC1(c1ccccc1)C3.O=CO. The van der Waals surface area contributed by atoms with Crippen LogP contribution in [0.15, 0.2) is 54.9 Å². The summed E-state index contributed by atoms with van der Waals surface area (Å²) in [6, 6.07) is 15.0. The first-order chi connectivity index (χ1) is 14.1. The Morgan fingerprint density at radius 1 is 1.07 bits per heavy atom. The number of fused-ring (bicyclic) bond motifs is 1. The number of rotatable bonds is 4. The van der Waals surface area contributed by atoms with Crippen LogP contribution in [0.4, 0.5) is 0 Å². The number of carboxylic acid groups (broad SMARTS) is 1. The molecule has 7 nitrogen and oxygen atoms in total. The molecule has 2 aromatic rings. The molecule has 1 aromatic carbocycles. The number of benzene rings is 1. The monoisotopic (exact) mass is 396 g/mol. The fraction of sp³-hybridized carbons (Fsp3) is 0.455. The smallest absolute Gasteiger partial charge is 0.290 e. The normalized spacial score (nSPS) is 32.0. The number of aromatic nitrogens is 1. The highest BCUT2D eigenvalue weighted by molar-refractivity contribution is 5.76. The van der Waals surface area contributed by atoms with E-state index < -0.39 is 0 Å². The molecule has 6 rings (SSSR count). The molecule has 0 aliphatic carbocycles. The van der Waals surface area contributed by atoms with E-state index in [1.807, 2.05) is 29.1 Å². The molecule has 1 aromatic heterocycles. The van der Waals surface area contributed by atoms with Gasteiger partial charge in [-0.05, 0) is 17.7 Å². The summed E-state index contributed by atoms with van der Waals surface area (Å²) in [7, 11) is 0. The number of hydrogen-bond donors (Lipinski definition) is 2. The van der Waals surface area contributed by atoms with Gasteiger partial charge in [0.05, 0.1) is 0 Å². The van der Waals surface area contributed by atoms with Gasteiger partial charge in [-0.2, -0.15) is 0 Å². The summed E-state index contributed by atoms with van der Waals surface area (Å²) in [5.74, 6) is 0.617. The van der Waals surface area contributed by atoms with Crippen LogP contribution in [0, 0.1) is 5.92 Å². The molecule has 4 saturated heterocycles. The molecule has 1 amide bonds. The van der Waals surface area contributed by atoms with Crippen molar-refractivity contribution in [2.24, 2.45) is 5.92 Å². The van der Waals surface area contributed by atoms with Gasteiger partial charge in [0, 0.05) is 69.0 Å². The average Bonchev–Trinajstić information content (AvgIpc) is 3.09. The summed E-state index contributed by atoms with van der Waals surface area (Å²) in [5, 5.41) is 10.3. The van der Waals surface area contributed by atoms with Crippen molar-refractivity contribution in [1.82, 2.24) is 19.7 Å². The van der Waals surface area contributed by atoms with Gasteiger partial charge in [-0.25, -0.2) is 0 Å². The summed E-state index contributed by atoms with van der Waals surface area (Å²) in [6.07, 6.45) is 3.90. The molecule has 0 spiro atoms. The number of hydrogen-bond acceptors (Lipinski definition) is 4. The largest absolute Gasteiger partial charge is 0.483 e. The van der Waals surface area contributed by atoms with Crippen molar-refractivity contribution in [2.45, 2.75) is 18.0 Å². The van der Waals surface area contributed by atoms with Gasteiger partial charge in [0.2, 0.25) is 5.91 Å². The van der Waals surface area contributed by atoms with Crippen molar-refractivity contribution in [3.8, 4) is 0 Å². The van der Waals surface area contributed by atoms with Gasteiger partial charge in [-0.3, -0.25) is 9.59 Å². The van der Waals surface area contributed by atoms with E-state index in [0.717, 1.165) is 39.3 Å². The Bertz CT molecular complexity index is 808. The topological polar surface area (TPSA) is 77.8 Å². The van der Waals surface area contributed by atoms with Crippen molar-refractivity contribution < 1.29 is 14.7 Å². The predicted octanol–water partition coefficient (Wildman–Crippen LogP) is 0.873. The molecule has 4 aliphatic rings. The van der Waals surface area contributed by atoms with Crippen molar-refractivity contribution in [3.05, 3.63) is 60.4 Å². The first-order valence-corrected chi connectivity index (χ1v) is 10.1. The van der Waals surface area contributed by atoms with Crippen molar-refractivity contribution in [3.63, 3.8) is 0 Å². The van der Waals surface area contributed by atoms with E-state index in [1.165, 1.54) is 5.56 Å². The van der Waals surface area contributed by atoms with E-state index >= 15 is 0 Å². The van der Waals surface area contributed by atoms with Crippen LogP contribution in [0.1, 0.15) is 5.56 Å². The van der Waals surface area contributed by atoms with E-state index in [0.29, 0.717) is 12.5 Å². The van der Waals surface area contributed by atoms with Gasteiger partial charge in [-0.15, -0.1) is 0 Å². The summed E-state index contributed by atoms with van der Waals surface area (Å²) in [5.41, 5.74) is 1.36. The molecule has 4 fully saturated rings. The van der Waals surface area contributed by atoms with Gasteiger partial charge in [0.25, 0.3) is 6.47 Å². The van der Waals surface area contributed by atoms with E-state index in [4.69, 9.17) is 9.90 Å². The summed E-state index contributed by atoms with van der Waals surface area (Å²) in [6.45, 7) is 6.72. The second kappa shape index (κ2) is 8.39. The molecule has 3 atom stereocenters. The molecule has 0 saturated carbocycles. The summed E-state index contributed by atoms with van der Waals surface area (Å²) < 4.78 is 1.94. The highest BCUT2D eigenvalue weighted by Gasteiger charge is 2.55. The quantitative estimate of drug-likeness (QED) is 0.750. The number of amides is 1. The molecule has 4 aliphatic heterocycles. The van der Waals surface area contributed by atoms with Gasteiger partial charge in [0.15, 0.2) is 0 Å². The van der Waals surface area contributed by atoms with Gasteiger partial charge in [-0.1, -0.05) is 30.3 Å². The lowest BCUT2D eigenvalue weighted by Crippen LogP contribution is -2.70. The maximum absolute atomic E-state index is 12.8. The minimum atomic E-state index is -0.250. The molecule has 0 radical (unpaired) electrons. The summed E-state index contributed by atoms with van der Waals surface area (Å²) >= 11 is 0. The minimum Gasteiger partial charge on any atom is -0.483 e. The van der Waals surface area contributed by atoms with Crippen LogP contribution < -0.4 is 5.32 Å². The predicted molar refractivity (Wildman–Crippen MR) is 110 cm³/mol. The van der Waals surface area contributed by atoms with E-state index in [1.54, 1.807) is 0 Å². The van der Waals surface area contributed by atoms with Crippen LogP contribution >= 0.6 is 0 Å². The first kappa shape index (κ1) is 19.7. The fourth-order valence-electron chi connectivity index (χ4n) is 5.43. The number of nitrogens with one attached hydrogen (secondary N) is 1. The lowest BCUT2D eigenvalue weighted by Gasteiger charge is -2.55. The van der Waals surface area contributed by atoms with Crippen molar-refractivity contribution in [2.75, 3.05) is 39.3 Å². The molecule has 7 heteroatoms. The van der Waals surface area contributed by atoms with E-state index in [9.17, 15) is 4.79 Å². The third-order valence-corrected chi connectivity index (χ3v) is 6.45. The molecule has 3 unspecified atom stereocenters. The number of carbonyl (C=O) groups excluding carboxylic acids is 1. The minimum absolute atomic E-state index is 0.00866. The maximum Gasteiger partial charge on any atom is 0.290 e. The first-order valence-electron chi connectivity index (χ1n) is 10.1. The lowest BCUT2D eigenvalue weighted by atomic mass is 9.64. The second-order valence-electron chi connectivity index (χ2n) is 8.26. The Morgan fingerprint density at radius 2 is 1.66 bits per heavy atom. The zero-order valence-corrected chi connectivity index (χ0v) is 16.5. The Kier molecular flexibility index (Phi) is 5.69. The van der Waals surface area contributed by atoms with Crippen LogP contribution in [-0.4, -0.2) is 77.2 Å². The Morgan fingerprint density at radius 3 is 2.24 bits per heavy atom. The van der Waals surface area contributed by atoms with Gasteiger partial charge >= 0.3 is 0 Å².